The highest BCUT2D eigenvalue weighted by atomic mass is 127. The van der Waals surface area contributed by atoms with Crippen molar-refractivity contribution in [3.63, 3.8) is 0 Å². The molecule has 0 aliphatic carbocycles. The lowest BCUT2D eigenvalue weighted by Gasteiger charge is -2.29. The molecule has 0 aliphatic rings. The molecule has 0 aliphatic heterocycles. The SMILES string of the molecule is CCC(CC)(CCl)CNC(=O)c1ccc(F)cc1I. The Labute approximate surface area is 132 Å². The van der Waals surface area contributed by atoms with Gasteiger partial charge in [0.15, 0.2) is 0 Å². The third-order valence-electron chi connectivity index (χ3n) is 3.58. The summed E-state index contributed by atoms with van der Waals surface area (Å²) in [4.78, 5) is 12.1. The molecular weight excluding hydrogens is 380 g/mol. The average molecular weight is 398 g/mol. The van der Waals surface area contributed by atoms with Gasteiger partial charge in [-0.05, 0) is 53.6 Å². The highest BCUT2D eigenvalue weighted by Crippen LogP contribution is 2.27. The number of amides is 1. The third kappa shape index (κ3) is 4.31. The number of hydrogen-bond donors (Lipinski definition) is 1. The maximum Gasteiger partial charge on any atom is 0.252 e. The Balaban J connectivity index is 2.75. The van der Waals surface area contributed by atoms with E-state index in [0.717, 1.165) is 12.8 Å². The molecular formula is C14H18ClFINO. The van der Waals surface area contributed by atoms with Gasteiger partial charge in [-0.3, -0.25) is 4.79 Å². The predicted octanol–water partition coefficient (Wildman–Crippen LogP) is 4.21. The van der Waals surface area contributed by atoms with E-state index < -0.39 is 0 Å². The van der Waals surface area contributed by atoms with Gasteiger partial charge < -0.3 is 5.32 Å². The van der Waals surface area contributed by atoms with E-state index in [9.17, 15) is 9.18 Å². The van der Waals surface area contributed by atoms with Crippen LogP contribution >= 0.6 is 34.2 Å². The van der Waals surface area contributed by atoms with Crippen molar-refractivity contribution in [2.24, 2.45) is 5.41 Å². The van der Waals surface area contributed by atoms with Crippen LogP contribution in [-0.4, -0.2) is 18.3 Å². The lowest BCUT2D eigenvalue weighted by atomic mass is 9.84. The maximum absolute atomic E-state index is 13.0. The molecule has 0 bridgehead atoms. The standard InChI is InChI=1S/C14H18ClFINO/c1-3-14(4-2,8-15)9-18-13(19)11-6-5-10(16)7-12(11)17/h5-7H,3-4,8-9H2,1-2H3,(H,18,19). The summed E-state index contributed by atoms with van der Waals surface area (Å²) >= 11 is 7.97. The van der Waals surface area contributed by atoms with Crippen molar-refractivity contribution in [1.29, 1.82) is 0 Å². The molecule has 1 rings (SSSR count). The second-order valence-electron chi connectivity index (χ2n) is 4.65. The minimum absolute atomic E-state index is 0.0668. The zero-order chi connectivity index (χ0) is 14.5. The van der Waals surface area contributed by atoms with Crippen molar-refractivity contribution in [2.45, 2.75) is 26.7 Å². The number of halogens is 3. The average Bonchev–Trinajstić information content (AvgIpc) is 2.40. The summed E-state index contributed by atoms with van der Waals surface area (Å²) in [5, 5.41) is 2.90. The van der Waals surface area contributed by atoms with Gasteiger partial charge in [-0.2, -0.15) is 0 Å². The molecule has 0 unspecified atom stereocenters. The highest BCUT2D eigenvalue weighted by Gasteiger charge is 2.26. The maximum atomic E-state index is 13.0. The van der Waals surface area contributed by atoms with Gasteiger partial charge in [0.25, 0.3) is 5.91 Å². The van der Waals surface area contributed by atoms with E-state index in [1.807, 2.05) is 22.6 Å². The molecule has 5 heteroatoms. The zero-order valence-electron chi connectivity index (χ0n) is 11.1. The molecule has 106 valence electrons. The lowest BCUT2D eigenvalue weighted by molar-refractivity contribution is 0.0931. The smallest absolute Gasteiger partial charge is 0.252 e. The summed E-state index contributed by atoms with van der Waals surface area (Å²) in [5.74, 6) is -0.000176. The number of alkyl halides is 1. The van der Waals surface area contributed by atoms with Crippen LogP contribution in [0.15, 0.2) is 18.2 Å². The molecule has 1 amide bonds. The largest absolute Gasteiger partial charge is 0.351 e. The molecule has 0 atom stereocenters. The van der Waals surface area contributed by atoms with Crippen LogP contribution in [0.25, 0.3) is 0 Å². The Morgan fingerprint density at radius 3 is 2.53 bits per heavy atom. The first-order chi connectivity index (χ1) is 8.98. The Kier molecular flexibility index (Phi) is 6.53. The second kappa shape index (κ2) is 7.43. The molecule has 1 N–H and O–H groups in total. The van der Waals surface area contributed by atoms with Crippen LogP contribution < -0.4 is 5.32 Å². The number of carbonyl (C=O) groups is 1. The molecule has 0 saturated carbocycles. The van der Waals surface area contributed by atoms with Gasteiger partial charge in [0, 0.05) is 21.4 Å². The van der Waals surface area contributed by atoms with Crippen molar-refractivity contribution in [2.75, 3.05) is 12.4 Å². The Hall–Kier alpha value is -0.360. The first kappa shape index (κ1) is 16.7. The van der Waals surface area contributed by atoms with E-state index in [1.165, 1.54) is 18.2 Å². The zero-order valence-corrected chi connectivity index (χ0v) is 14.0. The fraction of sp³-hybridized carbons (Fsp3) is 0.500. The van der Waals surface area contributed by atoms with Gasteiger partial charge >= 0.3 is 0 Å². The molecule has 0 spiro atoms. The topological polar surface area (TPSA) is 29.1 Å². The van der Waals surface area contributed by atoms with E-state index in [0.29, 0.717) is 21.6 Å². The van der Waals surface area contributed by atoms with Crippen LogP contribution in [0.3, 0.4) is 0 Å². The van der Waals surface area contributed by atoms with E-state index in [1.54, 1.807) is 0 Å². The Morgan fingerprint density at radius 2 is 2.05 bits per heavy atom. The van der Waals surface area contributed by atoms with Crippen LogP contribution in [0.1, 0.15) is 37.0 Å². The number of hydrogen-bond acceptors (Lipinski definition) is 1. The minimum atomic E-state index is -0.335. The van der Waals surface area contributed by atoms with Crippen molar-refractivity contribution in [3.8, 4) is 0 Å². The van der Waals surface area contributed by atoms with Gasteiger partial charge in [0.05, 0.1) is 5.56 Å². The summed E-state index contributed by atoms with van der Waals surface area (Å²) in [6.45, 7) is 4.68. The van der Waals surface area contributed by atoms with Crippen LogP contribution in [-0.2, 0) is 0 Å². The quantitative estimate of drug-likeness (QED) is 0.565. The summed E-state index contributed by atoms with van der Waals surface area (Å²) in [5.41, 5.74) is 0.431. The van der Waals surface area contributed by atoms with Crippen molar-refractivity contribution in [1.82, 2.24) is 5.32 Å². The molecule has 1 aromatic rings. The van der Waals surface area contributed by atoms with Crippen LogP contribution in [0.4, 0.5) is 4.39 Å². The van der Waals surface area contributed by atoms with Crippen molar-refractivity contribution in [3.05, 3.63) is 33.1 Å². The molecule has 0 fully saturated rings. The van der Waals surface area contributed by atoms with Crippen molar-refractivity contribution >= 4 is 40.1 Å². The normalized spacial score (nSPS) is 11.4. The summed E-state index contributed by atoms with van der Waals surface area (Å²) in [7, 11) is 0. The van der Waals surface area contributed by atoms with E-state index >= 15 is 0 Å². The van der Waals surface area contributed by atoms with Gasteiger partial charge in [0.1, 0.15) is 5.82 Å². The molecule has 1 aromatic carbocycles. The molecule has 0 saturated heterocycles. The Bertz CT molecular complexity index is 441. The van der Waals surface area contributed by atoms with Crippen LogP contribution in [0.5, 0.6) is 0 Å². The predicted molar refractivity (Wildman–Crippen MR) is 85.2 cm³/mol. The highest BCUT2D eigenvalue weighted by molar-refractivity contribution is 14.1. The van der Waals surface area contributed by atoms with E-state index in [-0.39, 0.29) is 17.1 Å². The second-order valence-corrected chi connectivity index (χ2v) is 6.08. The number of rotatable bonds is 6. The molecule has 0 heterocycles. The molecule has 19 heavy (non-hydrogen) atoms. The number of carbonyl (C=O) groups excluding carboxylic acids is 1. The Morgan fingerprint density at radius 1 is 1.42 bits per heavy atom. The summed E-state index contributed by atoms with van der Waals surface area (Å²) in [6.07, 6.45) is 1.82. The fourth-order valence-electron chi connectivity index (χ4n) is 1.77. The third-order valence-corrected chi connectivity index (χ3v) is 5.04. The first-order valence-corrected chi connectivity index (χ1v) is 7.88. The molecule has 2 nitrogen and oxygen atoms in total. The van der Waals surface area contributed by atoms with Gasteiger partial charge in [-0.25, -0.2) is 4.39 Å². The minimum Gasteiger partial charge on any atom is -0.351 e. The number of benzene rings is 1. The summed E-state index contributed by atoms with van der Waals surface area (Å²) < 4.78 is 13.6. The van der Waals surface area contributed by atoms with Crippen LogP contribution in [0.2, 0.25) is 0 Å². The van der Waals surface area contributed by atoms with Gasteiger partial charge in [-0.1, -0.05) is 13.8 Å². The van der Waals surface area contributed by atoms with Gasteiger partial charge in [0.2, 0.25) is 0 Å². The van der Waals surface area contributed by atoms with E-state index in [4.69, 9.17) is 11.6 Å². The monoisotopic (exact) mass is 397 g/mol. The first-order valence-electron chi connectivity index (χ1n) is 6.27. The lowest BCUT2D eigenvalue weighted by Crippen LogP contribution is -2.38. The van der Waals surface area contributed by atoms with Crippen molar-refractivity contribution < 1.29 is 9.18 Å². The fourth-order valence-corrected chi connectivity index (χ4v) is 2.97. The molecule has 0 radical (unpaired) electrons. The van der Waals surface area contributed by atoms with E-state index in [2.05, 4.69) is 19.2 Å². The van der Waals surface area contributed by atoms with Crippen LogP contribution in [0, 0.1) is 14.8 Å². The van der Waals surface area contributed by atoms with Gasteiger partial charge in [-0.15, -0.1) is 11.6 Å². The number of nitrogens with one attached hydrogen (secondary N) is 1. The molecule has 0 aromatic heterocycles. The summed E-state index contributed by atoms with van der Waals surface area (Å²) in [6, 6.07) is 4.15.